The summed E-state index contributed by atoms with van der Waals surface area (Å²) in [6, 6.07) is 17.2. The molecule has 3 aromatic carbocycles. The summed E-state index contributed by atoms with van der Waals surface area (Å²) in [5.74, 6) is 0.194. The summed E-state index contributed by atoms with van der Waals surface area (Å²) in [6.07, 6.45) is 8.40. The van der Waals surface area contributed by atoms with Crippen LogP contribution >= 0.6 is 0 Å². The van der Waals surface area contributed by atoms with Gasteiger partial charge in [-0.2, -0.15) is 0 Å². The first kappa shape index (κ1) is 20.8. The number of hydrogen-bond donors (Lipinski definition) is 1. The van der Waals surface area contributed by atoms with Crippen LogP contribution in [0.2, 0.25) is 0 Å². The minimum absolute atomic E-state index is 0.237. The summed E-state index contributed by atoms with van der Waals surface area (Å²) in [4.78, 5) is 0. The number of ether oxygens (including phenoxy) is 1. The van der Waals surface area contributed by atoms with Crippen LogP contribution in [0.5, 0.6) is 5.75 Å². The normalized spacial score (nSPS) is 12.4. The summed E-state index contributed by atoms with van der Waals surface area (Å²) in [5, 5.41) is 11.5. The standard InChI is InChI=1S/C26H27FO2/c1-3-15-29-24-13-14-25(26(27)18-24)23-12-11-21-16-20(9-10-22(21)17-23)8-6-4-5-7-19(2)28/h3,6,8-14,16-19,28H,1,4-5,7,15H2,2H3/b8-6+. The van der Waals surface area contributed by atoms with Gasteiger partial charge in [-0.15, -0.1) is 0 Å². The van der Waals surface area contributed by atoms with Gasteiger partial charge in [0.05, 0.1) is 6.10 Å². The quantitative estimate of drug-likeness (QED) is 0.322. The molecule has 0 saturated carbocycles. The predicted molar refractivity (Wildman–Crippen MR) is 120 cm³/mol. The molecule has 0 aromatic heterocycles. The monoisotopic (exact) mass is 390 g/mol. The summed E-state index contributed by atoms with van der Waals surface area (Å²) in [5.41, 5.74) is 2.53. The third kappa shape index (κ3) is 5.78. The minimum atomic E-state index is -0.303. The Kier molecular flexibility index (Phi) is 7.20. The molecule has 29 heavy (non-hydrogen) atoms. The maximum atomic E-state index is 14.5. The van der Waals surface area contributed by atoms with Crippen molar-refractivity contribution in [3.8, 4) is 16.9 Å². The second kappa shape index (κ2) is 10.0. The number of unbranched alkanes of at least 4 members (excludes halogenated alkanes) is 1. The molecule has 0 heterocycles. The van der Waals surface area contributed by atoms with E-state index in [1.54, 1.807) is 18.2 Å². The molecular formula is C26H27FO2. The average molecular weight is 390 g/mol. The molecule has 0 radical (unpaired) electrons. The molecule has 1 unspecified atom stereocenters. The van der Waals surface area contributed by atoms with Gasteiger partial charge in [0, 0.05) is 11.6 Å². The van der Waals surface area contributed by atoms with E-state index in [1.165, 1.54) is 6.07 Å². The Morgan fingerprint density at radius 2 is 1.86 bits per heavy atom. The smallest absolute Gasteiger partial charge is 0.134 e. The fourth-order valence-corrected chi connectivity index (χ4v) is 3.26. The summed E-state index contributed by atoms with van der Waals surface area (Å²) < 4.78 is 19.9. The predicted octanol–water partition coefficient (Wildman–Crippen LogP) is 6.78. The SMILES string of the molecule is C=CCOc1ccc(-c2ccc3cc(/C=C/CCCC(C)O)ccc3c2)c(F)c1. The van der Waals surface area contributed by atoms with Crippen LogP contribution in [0.3, 0.4) is 0 Å². The van der Waals surface area contributed by atoms with Gasteiger partial charge in [0.25, 0.3) is 0 Å². The van der Waals surface area contributed by atoms with Gasteiger partial charge in [-0.05, 0) is 72.4 Å². The first-order valence-electron chi connectivity index (χ1n) is 9.99. The molecule has 0 amide bonds. The Morgan fingerprint density at radius 1 is 1.07 bits per heavy atom. The van der Waals surface area contributed by atoms with E-state index < -0.39 is 0 Å². The molecular weight excluding hydrogens is 363 g/mol. The Hall–Kier alpha value is -2.91. The van der Waals surface area contributed by atoms with E-state index in [0.717, 1.165) is 41.2 Å². The molecule has 0 saturated heterocycles. The van der Waals surface area contributed by atoms with E-state index in [0.29, 0.717) is 17.9 Å². The van der Waals surface area contributed by atoms with E-state index in [1.807, 2.05) is 25.1 Å². The van der Waals surface area contributed by atoms with Crippen molar-refractivity contribution in [2.45, 2.75) is 32.3 Å². The molecule has 150 valence electrons. The lowest BCUT2D eigenvalue weighted by molar-refractivity contribution is 0.182. The fourth-order valence-electron chi connectivity index (χ4n) is 3.26. The zero-order valence-electron chi connectivity index (χ0n) is 16.8. The van der Waals surface area contributed by atoms with Crippen LogP contribution in [-0.2, 0) is 0 Å². The summed E-state index contributed by atoms with van der Waals surface area (Å²) in [7, 11) is 0. The van der Waals surface area contributed by atoms with E-state index in [-0.39, 0.29) is 11.9 Å². The van der Waals surface area contributed by atoms with Gasteiger partial charge in [-0.3, -0.25) is 0 Å². The molecule has 1 atom stereocenters. The van der Waals surface area contributed by atoms with Crippen LogP contribution in [0.4, 0.5) is 4.39 Å². The third-order valence-electron chi connectivity index (χ3n) is 4.79. The number of allylic oxidation sites excluding steroid dienone is 1. The Balaban J connectivity index is 1.75. The molecule has 0 fully saturated rings. The van der Waals surface area contributed by atoms with Crippen LogP contribution in [-0.4, -0.2) is 17.8 Å². The topological polar surface area (TPSA) is 29.5 Å². The van der Waals surface area contributed by atoms with Gasteiger partial charge in [0.2, 0.25) is 0 Å². The van der Waals surface area contributed by atoms with Gasteiger partial charge in [0.1, 0.15) is 18.2 Å². The third-order valence-corrected chi connectivity index (χ3v) is 4.79. The number of halogens is 1. The number of rotatable bonds is 9. The zero-order valence-corrected chi connectivity index (χ0v) is 16.8. The Bertz CT molecular complexity index is 1000. The molecule has 3 heteroatoms. The van der Waals surface area contributed by atoms with Gasteiger partial charge in [0.15, 0.2) is 0 Å². The lowest BCUT2D eigenvalue weighted by Crippen LogP contribution is -1.97. The molecule has 0 spiro atoms. The van der Waals surface area contributed by atoms with Crippen molar-refractivity contribution >= 4 is 16.8 Å². The second-order valence-electron chi connectivity index (χ2n) is 7.24. The van der Waals surface area contributed by atoms with Crippen molar-refractivity contribution in [3.05, 3.63) is 84.7 Å². The number of aliphatic hydroxyl groups is 1. The van der Waals surface area contributed by atoms with Crippen molar-refractivity contribution in [2.24, 2.45) is 0 Å². The van der Waals surface area contributed by atoms with Crippen LogP contribution in [0.15, 0.2) is 73.3 Å². The van der Waals surface area contributed by atoms with Gasteiger partial charge in [-0.25, -0.2) is 4.39 Å². The van der Waals surface area contributed by atoms with Crippen LogP contribution in [0, 0.1) is 5.82 Å². The van der Waals surface area contributed by atoms with E-state index in [4.69, 9.17) is 4.74 Å². The first-order chi connectivity index (χ1) is 14.1. The van der Waals surface area contributed by atoms with Crippen LogP contribution in [0.25, 0.3) is 28.0 Å². The largest absolute Gasteiger partial charge is 0.489 e. The van der Waals surface area contributed by atoms with Crippen molar-refractivity contribution in [1.82, 2.24) is 0 Å². The number of fused-ring (bicyclic) bond motifs is 1. The van der Waals surface area contributed by atoms with Crippen molar-refractivity contribution in [1.29, 1.82) is 0 Å². The number of benzene rings is 3. The fraction of sp³-hybridized carbons (Fsp3) is 0.231. The molecule has 2 nitrogen and oxygen atoms in total. The van der Waals surface area contributed by atoms with E-state index in [9.17, 15) is 9.50 Å². The Labute approximate surface area is 172 Å². The van der Waals surface area contributed by atoms with Gasteiger partial charge in [-0.1, -0.05) is 49.1 Å². The van der Waals surface area contributed by atoms with Crippen molar-refractivity contribution in [2.75, 3.05) is 6.61 Å². The number of aliphatic hydroxyl groups excluding tert-OH is 1. The lowest BCUT2D eigenvalue weighted by atomic mass is 9.99. The number of hydrogen-bond acceptors (Lipinski definition) is 2. The zero-order chi connectivity index (χ0) is 20.6. The lowest BCUT2D eigenvalue weighted by Gasteiger charge is -2.09. The second-order valence-corrected chi connectivity index (χ2v) is 7.24. The molecule has 0 aliphatic carbocycles. The van der Waals surface area contributed by atoms with E-state index >= 15 is 0 Å². The summed E-state index contributed by atoms with van der Waals surface area (Å²) >= 11 is 0. The molecule has 0 aliphatic rings. The van der Waals surface area contributed by atoms with Gasteiger partial charge < -0.3 is 9.84 Å². The van der Waals surface area contributed by atoms with Crippen molar-refractivity contribution in [3.63, 3.8) is 0 Å². The van der Waals surface area contributed by atoms with Crippen LogP contribution in [0.1, 0.15) is 31.7 Å². The molecule has 1 N–H and O–H groups in total. The first-order valence-corrected chi connectivity index (χ1v) is 9.99. The maximum Gasteiger partial charge on any atom is 0.134 e. The molecule has 3 rings (SSSR count). The average Bonchev–Trinajstić information content (AvgIpc) is 2.71. The highest BCUT2D eigenvalue weighted by Gasteiger charge is 2.08. The van der Waals surface area contributed by atoms with E-state index in [2.05, 4.69) is 36.9 Å². The van der Waals surface area contributed by atoms with Crippen LogP contribution < -0.4 is 4.74 Å². The molecule has 0 bridgehead atoms. The maximum absolute atomic E-state index is 14.5. The summed E-state index contributed by atoms with van der Waals surface area (Å²) in [6.45, 7) is 5.77. The van der Waals surface area contributed by atoms with Crippen molar-refractivity contribution < 1.29 is 14.2 Å². The minimum Gasteiger partial charge on any atom is -0.489 e. The Morgan fingerprint density at radius 3 is 2.62 bits per heavy atom. The highest BCUT2D eigenvalue weighted by Crippen LogP contribution is 2.29. The highest BCUT2D eigenvalue weighted by molar-refractivity contribution is 5.89. The highest BCUT2D eigenvalue weighted by atomic mass is 19.1. The van der Waals surface area contributed by atoms with Gasteiger partial charge >= 0.3 is 0 Å². The molecule has 0 aliphatic heterocycles. The molecule has 3 aromatic rings.